The van der Waals surface area contributed by atoms with Crippen molar-refractivity contribution in [3.63, 3.8) is 0 Å². The van der Waals surface area contributed by atoms with Crippen LogP contribution in [-0.4, -0.2) is 57.9 Å². The maximum absolute atomic E-state index is 12.2. The molecule has 1 aliphatic carbocycles. The van der Waals surface area contributed by atoms with Crippen molar-refractivity contribution in [1.29, 1.82) is 0 Å². The summed E-state index contributed by atoms with van der Waals surface area (Å²) in [5, 5.41) is 2.96. The van der Waals surface area contributed by atoms with Gasteiger partial charge in [-0.05, 0) is 37.5 Å². The first-order valence-corrected chi connectivity index (χ1v) is 10.4. The summed E-state index contributed by atoms with van der Waals surface area (Å²) in [6.45, 7) is 11.6. The van der Waals surface area contributed by atoms with Crippen molar-refractivity contribution in [1.82, 2.24) is 5.32 Å². The Kier molecular flexibility index (Phi) is 12.5. The number of rotatable bonds is 14. The molecule has 0 radical (unpaired) electrons. The Morgan fingerprint density at radius 2 is 1.59 bits per heavy atom. The molecule has 1 aliphatic rings. The first-order valence-electron chi connectivity index (χ1n) is 10.4. The van der Waals surface area contributed by atoms with E-state index in [9.17, 15) is 9.59 Å². The van der Waals surface area contributed by atoms with E-state index in [-0.39, 0.29) is 30.1 Å². The molecule has 0 heterocycles. The van der Waals surface area contributed by atoms with E-state index >= 15 is 0 Å². The van der Waals surface area contributed by atoms with Gasteiger partial charge in [0.25, 0.3) is 0 Å². The van der Waals surface area contributed by atoms with Crippen LogP contribution in [0.3, 0.4) is 0 Å². The second-order valence-electron chi connectivity index (χ2n) is 8.23. The second kappa shape index (κ2) is 14.1. The molecule has 1 saturated carbocycles. The summed E-state index contributed by atoms with van der Waals surface area (Å²) in [4.78, 5) is 23.6. The van der Waals surface area contributed by atoms with Gasteiger partial charge in [-0.2, -0.15) is 0 Å². The highest BCUT2D eigenvalue weighted by molar-refractivity contribution is 5.81. The molecule has 0 spiro atoms. The SMILES string of the molecule is CC(C)COCC1CCC(C(=O)NCCOCCOCC(=O)C(C)C)CC1. The van der Waals surface area contributed by atoms with E-state index in [0.29, 0.717) is 38.2 Å². The molecule has 0 aromatic carbocycles. The number of ether oxygens (including phenoxy) is 3. The number of hydrogen-bond donors (Lipinski definition) is 1. The van der Waals surface area contributed by atoms with Gasteiger partial charge in [-0.25, -0.2) is 0 Å². The first-order chi connectivity index (χ1) is 12.9. The fourth-order valence-electron chi connectivity index (χ4n) is 3.01. The lowest BCUT2D eigenvalue weighted by molar-refractivity contribution is -0.128. The molecule has 6 nitrogen and oxygen atoms in total. The van der Waals surface area contributed by atoms with Gasteiger partial charge in [0, 0.05) is 31.6 Å². The predicted octanol–water partition coefficient (Wildman–Crippen LogP) is 2.84. The molecule has 0 aromatic rings. The molecule has 0 aliphatic heterocycles. The molecule has 1 amide bonds. The topological polar surface area (TPSA) is 73.9 Å². The second-order valence-corrected chi connectivity index (χ2v) is 8.23. The molecule has 158 valence electrons. The van der Waals surface area contributed by atoms with Crippen LogP contribution in [0.4, 0.5) is 0 Å². The minimum Gasteiger partial charge on any atom is -0.381 e. The number of carbonyl (C=O) groups excluding carboxylic acids is 2. The Labute approximate surface area is 164 Å². The molecule has 1 rings (SSSR count). The predicted molar refractivity (Wildman–Crippen MR) is 106 cm³/mol. The summed E-state index contributed by atoms with van der Waals surface area (Å²) in [6, 6.07) is 0. The average molecular weight is 386 g/mol. The lowest BCUT2D eigenvalue weighted by Crippen LogP contribution is -2.35. The third-order valence-corrected chi connectivity index (χ3v) is 4.83. The van der Waals surface area contributed by atoms with E-state index < -0.39 is 0 Å². The quantitative estimate of drug-likeness (QED) is 0.466. The molecular weight excluding hydrogens is 346 g/mol. The van der Waals surface area contributed by atoms with E-state index in [0.717, 1.165) is 38.9 Å². The number of hydrogen-bond acceptors (Lipinski definition) is 5. The number of amides is 1. The van der Waals surface area contributed by atoms with Crippen molar-refractivity contribution >= 4 is 11.7 Å². The Balaban J connectivity index is 1.98. The van der Waals surface area contributed by atoms with Crippen LogP contribution in [0.5, 0.6) is 0 Å². The van der Waals surface area contributed by atoms with Crippen LogP contribution < -0.4 is 5.32 Å². The number of ketones is 1. The van der Waals surface area contributed by atoms with Crippen LogP contribution >= 0.6 is 0 Å². The zero-order valence-electron chi connectivity index (χ0n) is 17.6. The van der Waals surface area contributed by atoms with E-state index in [1.807, 2.05) is 13.8 Å². The molecule has 6 heteroatoms. The number of carbonyl (C=O) groups is 2. The highest BCUT2D eigenvalue weighted by Gasteiger charge is 2.26. The molecular formula is C21H39NO5. The van der Waals surface area contributed by atoms with Crippen molar-refractivity contribution in [2.75, 3.05) is 46.2 Å². The van der Waals surface area contributed by atoms with Gasteiger partial charge in [-0.1, -0.05) is 27.7 Å². The van der Waals surface area contributed by atoms with E-state index in [2.05, 4.69) is 19.2 Å². The van der Waals surface area contributed by atoms with Gasteiger partial charge < -0.3 is 19.5 Å². The zero-order chi connectivity index (χ0) is 20.1. The Morgan fingerprint density at radius 3 is 2.22 bits per heavy atom. The van der Waals surface area contributed by atoms with Gasteiger partial charge in [0.05, 0.1) is 19.8 Å². The largest absolute Gasteiger partial charge is 0.381 e. The van der Waals surface area contributed by atoms with E-state index in [1.165, 1.54) is 0 Å². The van der Waals surface area contributed by atoms with Gasteiger partial charge in [-0.15, -0.1) is 0 Å². The zero-order valence-corrected chi connectivity index (χ0v) is 17.6. The smallest absolute Gasteiger partial charge is 0.223 e. The lowest BCUT2D eigenvalue weighted by atomic mass is 9.82. The summed E-state index contributed by atoms with van der Waals surface area (Å²) < 4.78 is 16.4. The normalized spacial score (nSPS) is 20.2. The lowest BCUT2D eigenvalue weighted by Gasteiger charge is -2.27. The fraction of sp³-hybridized carbons (Fsp3) is 0.905. The molecule has 1 N–H and O–H groups in total. The standard InChI is InChI=1S/C21H39NO5/c1-16(2)13-27-14-18-5-7-19(8-6-18)21(24)22-9-10-25-11-12-26-15-20(23)17(3)4/h16-19H,5-15H2,1-4H3,(H,22,24). The first kappa shape index (κ1) is 24.1. The van der Waals surface area contributed by atoms with Crippen LogP contribution in [0, 0.1) is 23.7 Å². The van der Waals surface area contributed by atoms with Crippen LogP contribution in [0.25, 0.3) is 0 Å². The molecule has 0 unspecified atom stereocenters. The van der Waals surface area contributed by atoms with E-state index in [4.69, 9.17) is 14.2 Å². The molecule has 0 aromatic heterocycles. The third-order valence-electron chi connectivity index (χ3n) is 4.83. The van der Waals surface area contributed by atoms with Crippen LogP contribution in [0.15, 0.2) is 0 Å². The number of nitrogens with one attached hydrogen (secondary N) is 1. The highest BCUT2D eigenvalue weighted by atomic mass is 16.5. The van der Waals surface area contributed by atoms with Gasteiger partial charge >= 0.3 is 0 Å². The maximum Gasteiger partial charge on any atom is 0.223 e. The molecule has 27 heavy (non-hydrogen) atoms. The van der Waals surface area contributed by atoms with E-state index in [1.54, 1.807) is 0 Å². The number of Topliss-reactive ketones (excluding diaryl/α,β-unsaturated/α-hetero) is 1. The summed E-state index contributed by atoms with van der Waals surface area (Å²) in [7, 11) is 0. The fourth-order valence-corrected chi connectivity index (χ4v) is 3.01. The van der Waals surface area contributed by atoms with Crippen LogP contribution in [-0.2, 0) is 23.8 Å². The Hall–Kier alpha value is -0.980. The Morgan fingerprint density at radius 1 is 0.926 bits per heavy atom. The van der Waals surface area contributed by atoms with Crippen molar-refractivity contribution < 1.29 is 23.8 Å². The summed E-state index contributed by atoms with van der Waals surface area (Å²) in [5.41, 5.74) is 0. The van der Waals surface area contributed by atoms with Gasteiger partial charge in [-0.3, -0.25) is 9.59 Å². The molecule has 0 saturated heterocycles. The summed E-state index contributed by atoms with van der Waals surface area (Å²) in [6.07, 6.45) is 4.03. The van der Waals surface area contributed by atoms with Crippen LogP contribution in [0.2, 0.25) is 0 Å². The maximum atomic E-state index is 12.2. The summed E-state index contributed by atoms with van der Waals surface area (Å²) >= 11 is 0. The third kappa shape index (κ3) is 11.5. The summed E-state index contributed by atoms with van der Waals surface area (Å²) in [5.74, 6) is 1.53. The monoisotopic (exact) mass is 385 g/mol. The van der Waals surface area contributed by atoms with Gasteiger partial charge in [0.15, 0.2) is 5.78 Å². The minimum absolute atomic E-state index is 0.00348. The highest BCUT2D eigenvalue weighted by Crippen LogP contribution is 2.29. The molecule has 1 fully saturated rings. The van der Waals surface area contributed by atoms with Crippen molar-refractivity contribution in [2.45, 2.75) is 53.4 Å². The molecule has 0 atom stereocenters. The average Bonchev–Trinajstić information content (AvgIpc) is 2.63. The van der Waals surface area contributed by atoms with Crippen LogP contribution in [0.1, 0.15) is 53.4 Å². The van der Waals surface area contributed by atoms with Crippen molar-refractivity contribution in [3.05, 3.63) is 0 Å². The van der Waals surface area contributed by atoms with Gasteiger partial charge in [0.1, 0.15) is 6.61 Å². The molecule has 0 bridgehead atoms. The van der Waals surface area contributed by atoms with Crippen molar-refractivity contribution in [2.24, 2.45) is 23.7 Å². The minimum atomic E-state index is 0.00348. The Bertz CT molecular complexity index is 417. The van der Waals surface area contributed by atoms with Crippen molar-refractivity contribution in [3.8, 4) is 0 Å². The van der Waals surface area contributed by atoms with Gasteiger partial charge in [0.2, 0.25) is 5.91 Å².